The Balaban J connectivity index is 1.58. The number of fused-ring (bicyclic) bond motifs is 2. The standard InChI is InChI=1S/C38H25NO4/c40-33-27-20-10-11-21-28(27)34(41)37(33)31(24-14-4-1-5-15-24)38(35(42)29-22-12-13-23-30(29)36(38)43)39(26-18-8-3-9-19-26)32(37)25-16-6-2-7-17-25/h1-23,31-32H/t31-,32+/m1/s1. The first kappa shape index (κ1) is 25.3. The summed E-state index contributed by atoms with van der Waals surface area (Å²) in [5.74, 6) is -2.66. The van der Waals surface area contributed by atoms with Crippen molar-refractivity contribution in [1.82, 2.24) is 0 Å². The van der Waals surface area contributed by atoms with E-state index >= 15 is 19.2 Å². The minimum absolute atomic E-state index is 0.300. The fourth-order valence-corrected chi connectivity index (χ4v) is 7.98. The third-order valence-electron chi connectivity index (χ3n) is 9.50. The third kappa shape index (κ3) is 3.01. The van der Waals surface area contributed by atoms with Crippen molar-refractivity contribution in [3.63, 3.8) is 0 Å². The smallest absolute Gasteiger partial charge is 0.197 e. The molecule has 3 aliphatic rings. The van der Waals surface area contributed by atoms with Crippen LogP contribution >= 0.6 is 0 Å². The average molecular weight is 560 g/mol. The van der Waals surface area contributed by atoms with E-state index in [1.807, 2.05) is 95.9 Å². The summed E-state index contributed by atoms with van der Waals surface area (Å²) in [6.45, 7) is 0. The van der Waals surface area contributed by atoms with Gasteiger partial charge >= 0.3 is 0 Å². The molecule has 0 unspecified atom stereocenters. The summed E-state index contributed by atoms with van der Waals surface area (Å²) in [4.78, 5) is 62.3. The number of para-hydroxylation sites is 1. The summed E-state index contributed by atoms with van der Waals surface area (Å²) in [5, 5.41) is 0. The van der Waals surface area contributed by atoms with Crippen molar-refractivity contribution < 1.29 is 19.2 Å². The van der Waals surface area contributed by atoms with E-state index in [9.17, 15) is 0 Å². The monoisotopic (exact) mass is 559 g/mol. The van der Waals surface area contributed by atoms with E-state index in [-0.39, 0.29) is 11.6 Å². The molecule has 0 amide bonds. The van der Waals surface area contributed by atoms with Crippen molar-refractivity contribution in [3.8, 4) is 0 Å². The Bertz CT molecular complexity index is 1770. The molecule has 0 N–H and O–H groups in total. The highest BCUT2D eigenvalue weighted by Gasteiger charge is 2.80. The molecule has 0 saturated carbocycles. The predicted octanol–water partition coefficient (Wildman–Crippen LogP) is 6.92. The van der Waals surface area contributed by atoms with Gasteiger partial charge < -0.3 is 4.90 Å². The predicted molar refractivity (Wildman–Crippen MR) is 163 cm³/mol. The molecule has 5 nitrogen and oxygen atoms in total. The lowest BCUT2D eigenvalue weighted by molar-refractivity contribution is 0.0620. The summed E-state index contributed by atoms with van der Waals surface area (Å²) < 4.78 is 0. The Morgan fingerprint density at radius 2 is 0.791 bits per heavy atom. The minimum atomic E-state index is -1.90. The van der Waals surface area contributed by atoms with Crippen LogP contribution in [-0.2, 0) is 0 Å². The van der Waals surface area contributed by atoms with Crippen molar-refractivity contribution in [2.24, 2.45) is 5.41 Å². The highest BCUT2D eigenvalue weighted by molar-refractivity contribution is 6.39. The van der Waals surface area contributed by atoms with Crippen LogP contribution in [0.5, 0.6) is 0 Å². The maximum Gasteiger partial charge on any atom is 0.197 e. The molecule has 5 aromatic rings. The minimum Gasteiger partial charge on any atom is -0.343 e. The summed E-state index contributed by atoms with van der Waals surface area (Å²) in [5.41, 5.74) is -0.635. The molecule has 5 aromatic carbocycles. The normalized spacial score (nSPS) is 21.1. The van der Waals surface area contributed by atoms with Gasteiger partial charge in [-0.15, -0.1) is 0 Å². The lowest BCUT2D eigenvalue weighted by atomic mass is 9.60. The van der Waals surface area contributed by atoms with E-state index in [1.165, 1.54) is 0 Å². The second-order valence-electron chi connectivity index (χ2n) is 11.4. The highest BCUT2D eigenvalue weighted by atomic mass is 16.2. The highest BCUT2D eigenvalue weighted by Crippen LogP contribution is 2.69. The van der Waals surface area contributed by atoms with Crippen LogP contribution < -0.4 is 4.90 Å². The lowest BCUT2D eigenvalue weighted by Gasteiger charge is -2.40. The molecule has 0 radical (unpaired) electrons. The molecule has 0 aromatic heterocycles. The number of benzene rings is 5. The van der Waals surface area contributed by atoms with E-state index in [2.05, 4.69) is 0 Å². The van der Waals surface area contributed by atoms with Crippen LogP contribution in [0.2, 0.25) is 0 Å². The number of hydrogen-bond donors (Lipinski definition) is 0. The molecular weight excluding hydrogens is 534 g/mol. The Morgan fingerprint density at radius 1 is 0.419 bits per heavy atom. The number of anilines is 1. The number of carbonyl (C=O) groups excluding carboxylic acids is 4. The Hall–Kier alpha value is -5.42. The van der Waals surface area contributed by atoms with E-state index in [0.29, 0.717) is 39.1 Å². The molecule has 2 spiro atoms. The first-order valence-corrected chi connectivity index (χ1v) is 14.4. The Kier molecular flexibility index (Phi) is 5.32. The zero-order valence-corrected chi connectivity index (χ0v) is 23.0. The second-order valence-corrected chi connectivity index (χ2v) is 11.4. The van der Waals surface area contributed by atoms with Gasteiger partial charge in [-0.1, -0.05) is 127 Å². The van der Waals surface area contributed by atoms with Crippen LogP contribution in [0.3, 0.4) is 0 Å². The number of ketones is 4. The quantitative estimate of drug-likeness (QED) is 0.225. The van der Waals surface area contributed by atoms with E-state index in [0.717, 1.165) is 0 Å². The zero-order chi connectivity index (χ0) is 29.3. The van der Waals surface area contributed by atoms with Gasteiger partial charge in [-0.25, -0.2) is 0 Å². The second kappa shape index (κ2) is 9.04. The first-order valence-electron chi connectivity index (χ1n) is 14.4. The fourth-order valence-electron chi connectivity index (χ4n) is 7.98. The Morgan fingerprint density at radius 3 is 1.26 bits per heavy atom. The third-order valence-corrected chi connectivity index (χ3v) is 9.50. The van der Waals surface area contributed by atoms with Gasteiger partial charge in [0.25, 0.3) is 0 Å². The van der Waals surface area contributed by atoms with Gasteiger partial charge in [0, 0.05) is 33.9 Å². The number of Topliss-reactive ketones (excluding diaryl/α,β-unsaturated/α-hetero) is 4. The van der Waals surface area contributed by atoms with Crippen LogP contribution in [0, 0.1) is 5.41 Å². The molecule has 2 atom stereocenters. The van der Waals surface area contributed by atoms with Crippen molar-refractivity contribution in [2.75, 3.05) is 4.90 Å². The van der Waals surface area contributed by atoms with Crippen LogP contribution in [0.4, 0.5) is 5.69 Å². The maximum absolute atomic E-state index is 15.1. The summed E-state index contributed by atoms with van der Waals surface area (Å²) >= 11 is 0. The number of hydrogen-bond acceptors (Lipinski definition) is 5. The molecule has 1 aliphatic heterocycles. The molecule has 43 heavy (non-hydrogen) atoms. The molecular formula is C38H25NO4. The molecule has 0 bridgehead atoms. The van der Waals surface area contributed by atoms with E-state index < -0.39 is 34.5 Å². The van der Waals surface area contributed by atoms with Crippen molar-refractivity contribution in [2.45, 2.75) is 17.5 Å². The summed E-state index contributed by atoms with van der Waals surface area (Å²) in [6, 6.07) is 40.5. The topological polar surface area (TPSA) is 71.5 Å². The molecule has 8 rings (SSSR count). The van der Waals surface area contributed by atoms with Gasteiger partial charge in [0.1, 0.15) is 5.41 Å². The summed E-state index contributed by atoms with van der Waals surface area (Å²) in [7, 11) is 0. The molecule has 206 valence electrons. The largest absolute Gasteiger partial charge is 0.343 e. The van der Waals surface area contributed by atoms with Gasteiger partial charge in [-0.3, -0.25) is 19.2 Å². The van der Waals surface area contributed by atoms with Crippen LogP contribution in [0.1, 0.15) is 64.5 Å². The molecule has 1 fully saturated rings. The molecule has 1 heterocycles. The van der Waals surface area contributed by atoms with Gasteiger partial charge in [0.05, 0.1) is 6.04 Å². The van der Waals surface area contributed by atoms with Crippen molar-refractivity contribution >= 4 is 28.8 Å². The van der Waals surface area contributed by atoms with Crippen molar-refractivity contribution in [3.05, 3.63) is 173 Å². The Labute approximate surface area is 248 Å². The molecule has 1 saturated heterocycles. The maximum atomic E-state index is 15.1. The number of nitrogens with zero attached hydrogens (tertiary/aromatic N) is 1. The van der Waals surface area contributed by atoms with Crippen molar-refractivity contribution in [1.29, 1.82) is 0 Å². The average Bonchev–Trinajstić information content (AvgIpc) is 3.57. The SMILES string of the molecule is O=C1c2ccccc2C(=O)C12[C@H](c1ccccc1)N(c1ccccc1)C1(C(=O)c3ccccc3C1=O)[C@@H]2c1ccccc1. The lowest BCUT2D eigenvalue weighted by Crippen LogP contribution is -2.57. The van der Waals surface area contributed by atoms with Gasteiger partial charge in [0.15, 0.2) is 28.7 Å². The molecule has 2 aliphatic carbocycles. The van der Waals surface area contributed by atoms with Crippen LogP contribution in [-0.4, -0.2) is 28.7 Å². The first-order chi connectivity index (χ1) is 21.0. The van der Waals surface area contributed by atoms with E-state index in [1.54, 1.807) is 48.5 Å². The number of carbonyl (C=O) groups is 4. The fraction of sp³-hybridized carbons (Fsp3) is 0.105. The molecule has 5 heteroatoms. The zero-order valence-electron chi connectivity index (χ0n) is 23.0. The summed E-state index contributed by atoms with van der Waals surface area (Å²) in [6.07, 6.45) is 0. The van der Waals surface area contributed by atoms with E-state index in [4.69, 9.17) is 0 Å². The van der Waals surface area contributed by atoms with Gasteiger partial charge in [-0.05, 0) is 23.3 Å². The number of rotatable bonds is 3. The van der Waals surface area contributed by atoms with Crippen LogP contribution in [0.25, 0.3) is 0 Å². The van der Waals surface area contributed by atoms with Gasteiger partial charge in [0.2, 0.25) is 0 Å². The van der Waals surface area contributed by atoms with Crippen LogP contribution in [0.15, 0.2) is 140 Å². The van der Waals surface area contributed by atoms with Gasteiger partial charge in [-0.2, -0.15) is 0 Å².